The molecule has 48 heavy (non-hydrogen) atoms. The van der Waals surface area contributed by atoms with Gasteiger partial charge in [0.25, 0.3) is 5.91 Å². The highest BCUT2D eigenvalue weighted by molar-refractivity contribution is 5.92. The normalized spacial score (nSPS) is 22.5. The Bertz CT molecular complexity index is 1290. The van der Waals surface area contributed by atoms with Gasteiger partial charge in [-0.15, -0.1) is 0 Å². The van der Waals surface area contributed by atoms with Crippen molar-refractivity contribution in [3.63, 3.8) is 0 Å². The molecule has 1 fully saturated rings. The summed E-state index contributed by atoms with van der Waals surface area (Å²) < 4.78 is 46.7. The Morgan fingerprint density at radius 2 is 1.46 bits per heavy atom. The van der Waals surface area contributed by atoms with Crippen LogP contribution in [0, 0.1) is 5.92 Å². The van der Waals surface area contributed by atoms with Crippen molar-refractivity contribution in [2.24, 2.45) is 5.92 Å². The lowest BCUT2D eigenvalue weighted by molar-refractivity contribution is -0.172. The predicted octanol–water partition coefficient (Wildman–Crippen LogP) is 3.56. The van der Waals surface area contributed by atoms with E-state index < -0.39 is 6.29 Å². The lowest BCUT2D eigenvalue weighted by atomic mass is 9.78. The molecule has 11 nitrogen and oxygen atoms in total. The Kier molecular flexibility index (Phi) is 15.1. The Labute approximate surface area is 284 Å². The van der Waals surface area contributed by atoms with E-state index in [0.717, 1.165) is 6.42 Å². The van der Waals surface area contributed by atoms with E-state index in [1.165, 1.54) is 27.8 Å². The van der Waals surface area contributed by atoms with Crippen molar-refractivity contribution in [3.05, 3.63) is 71.0 Å². The molecular formula is C37H51NO10. The highest BCUT2D eigenvalue weighted by Gasteiger charge is 2.40. The minimum absolute atomic E-state index is 0.0167. The maximum absolute atomic E-state index is 14.2. The molecule has 3 aliphatic rings. The average molecular weight is 670 g/mol. The van der Waals surface area contributed by atoms with Crippen LogP contribution in [-0.2, 0) is 49.1 Å². The number of ether oxygens (including phenoxy) is 8. The van der Waals surface area contributed by atoms with Crippen LogP contribution in [0.2, 0.25) is 0 Å². The van der Waals surface area contributed by atoms with E-state index in [-0.39, 0.29) is 36.7 Å². The molecule has 1 N–H and O–H groups in total. The van der Waals surface area contributed by atoms with Crippen molar-refractivity contribution >= 4 is 5.91 Å². The molecule has 2 aromatic rings. The van der Waals surface area contributed by atoms with Crippen molar-refractivity contribution in [1.82, 2.24) is 4.90 Å². The molecule has 0 saturated carbocycles. The van der Waals surface area contributed by atoms with Crippen LogP contribution in [0.25, 0.3) is 11.1 Å². The molecule has 5 rings (SSSR count). The number of aliphatic hydroxyl groups is 1. The van der Waals surface area contributed by atoms with E-state index >= 15 is 0 Å². The fourth-order valence-electron chi connectivity index (χ4n) is 6.47. The molecule has 2 aromatic carbocycles. The summed E-state index contributed by atoms with van der Waals surface area (Å²) >= 11 is 0. The minimum atomic E-state index is -0.650. The summed E-state index contributed by atoms with van der Waals surface area (Å²) in [6.07, 6.45) is 2.82. The molecule has 0 bridgehead atoms. The number of nitrogens with zero attached hydrogens (tertiary/aromatic N) is 1. The van der Waals surface area contributed by atoms with Gasteiger partial charge in [0.1, 0.15) is 0 Å². The third-order valence-electron chi connectivity index (χ3n) is 8.79. The van der Waals surface area contributed by atoms with Gasteiger partial charge in [-0.25, -0.2) is 0 Å². The summed E-state index contributed by atoms with van der Waals surface area (Å²) in [5.41, 5.74) is 6.22. The third-order valence-corrected chi connectivity index (χ3v) is 8.79. The van der Waals surface area contributed by atoms with E-state index in [1.807, 2.05) is 13.0 Å². The van der Waals surface area contributed by atoms with Gasteiger partial charge < -0.3 is 47.9 Å². The molecule has 1 saturated heterocycles. The van der Waals surface area contributed by atoms with Gasteiger partial charge in [0.05, 0.1) is 79.3 Å². The largest absolute Gasteiger partial charge is 0.459 e. The minimum Gasteiger partial charge on any atom is -0.459 e. The zero-order valence-corrected chi connectivity index (χ0v) is 28.1. The average Bonchev–Trinajstić information content (AvgIpc) is 3.49. The Balaban J connectivity index is 1.40. The second kappa shape index (κ2) is 20.0. The highest BCUT2D eigenvalue weighted by atomic mass is 16.7. The maximum atomic E-state index is 14.2. The summed E-state index contributed by atoms with van der Waals surface area (Å²) in [5.74, 6) is -0.214. The van der Waals surface area contributed by atoms with Gasteiger partial charge in [-0.05, 0) is 53.7 Å². The highest BCUT2D eigenvalue weighted by Crippen LogP contribution is 2.45. The molecular weight excluding hydrogens is 618 g/mol. The fraction of sp³-hybridized carbons (Fsp3) is 0.595. The first-order chi connectivity index (χ1) is 23.7. The van der Waals surface area contributed by atoms with Crippen LogP contribution in [-0.4, -0.2) is 128 Å². The molecule has 2 heterocycles. The molecule has 11 heteroatoms. The number of carbonyl (C=O) groups excluding carboxylic acids is 1. The standard InChI is InChI=1S/C37H51NO10/c1-2-47-37-32(10-14-41-18-21-44-17-13-39)34(31-9-5-8-30-29-7-4-3-6-28(29)26-33(30)31)27-35(48-37)36(40)38-11-15-42-19-22-45-24-25-46-23-20-43-16-12-38/h3-9,27,32,34,37,39H,2,10-26H2,1H3/t32-,34-,37-/m1/s1. The molecule has 1 amide bonds. The topological polar surface area (TPSA) is 114 Å². The van der Waals surface area contributed by atoms with E-state index in [1.54, 1.807) is 4.90 Å². The van der Waals surface area contributed by atoms with Crippen molar-refractivity contribution in [2.75, 3.05) is 106 Å². The van der Waals surface area contributed by atoms with Crippen LogP contribution in [0.1, 0.15) is 36.0 Å². The molecule has 1 aliphatic carbocycles. The molecule has 0 radical (unpaired) electrons. The summed E-state index contributed by atoms with van der Waals surface area (Å²) in [4.78, 5) is 16.0. The first-order valence-corrected chi connectivity index (χ1v) is 17.3. The van der Waals surface area contributed by atoms with E-state index in [2.05, 4.69) is 42.5 Å². The van der Waals surface area contributed by atoms with Gasteiger partial charge in [-0.2, -0.15) is 0 Å². The quantitative estimate of drug-likeness (QED) is 0.287. The molecule has 2 aliphatic heterocycles. The van der Waals surface area contributed by atoms with Crippen molar-refractivity contribution < 1.29 is 47.8 Å². The summed E-state index contributed by atoms with van der Waals surface area (Å²) in [5, 5.41) is 8.98. The second-order valence-electron chi connectivity index (χ2n) is 11.8. The molecule has 0 aromatic heterocycles. The lowest BCUT2D eigenvalue weighted by Gasteiger charge is -2.38. The second-order valence-corrected chi connectivity index (χ2v) is 11.8. The number of aliphatic hydroxyl groups excluding tert-OH is 1. The number of fused-ring (bicyclic) bond motifs is 3. The monoisotopic (exact) mass is 669 g/mol. The first kappa shape index (κ1) is 36.4. The van der Waals surface area contributed by atoms with Gasteiger partial charge in [-0.1, -0.05) is 42.5 Å². The van der Waals surface area contributed by atoms with Gasteiger partial charge in [-0.3, -0.25) is 4.79 Å². The maximum Gasteiger partial charge on any atom is 0.288 e. The Morgan fingerprint density at radius 1 is 0.812 bits per heavy atom. The summed E-state index contributed by atoms with van der Waals surface area (Å²) in [6.45, 7) is 8.24. The number of rotatable bonds is 12. The smallest absolute Gasteiger partial charge is 0.288 e. The number of amides is 1. The Hall–Kier alpha value is -2.87. The molecule has 3 atom stereocenters. The van der Waals surface area contributed by atoms with Crippen molar-refractivity contribution in [2.45, 2.75) is 32.0 Å². The first-order valence-electron chi connectivity index (χ1n) is 17.3. The number of hydrogen-bond acceptors (Lipinski definition) is 10. The van der Waals surface area contributed by atoms with E-state index in [4.69, 9.17) is 43.0 Å². The number of benzene rings is 2. The van der Waals surface area contributed by atoms with Crippen molar-refractivity contribution in [3.8, 4) is 11.1 Å². The zero-order chi connectivity index (χ0) is 33.4. The molecule has 0 unspecified atom stereocenters. The number of carbonyl (C=O) groups is 1. The van der Waals surface area contributed by atoms with Gasteiger partial charge >= 0.3 is 0 Å². The van der Waals surface area contributed by atoms with Crippen LogP contribution in [0.15, 0.2) is 54.3 Å². The van der Waals surface area contributed by atoms with Gasteiger partial charge in [0.2, 0.25) is 6.29 Å². The van der Waals surface area contributed by atoms with Crippen LogP contribution < -0.4 is 0 Å². The third kappa shape index (κ3) is 10.1. The van der Waals surface area contributed by atoms with E-state index in [9.17, 15) is 4.79 Å². The molecule has 0 spiro atoms. The number of hydrogen-bond donors (Lipinski definition) is 1. The molecule has 264 valence electrons. The summed E-state index contributed by atoms with van der Waals surface area (Å²) in [7, 11) is 0. The van der Waals surface area contributed by atoms with Gasteiger partial charge in [0.15, 0.2) is 5.76 Å². The van der Waals surface area contributed by atoms with Gasteiger partial charge in [0, 0.05) is 38.1 Å². The van der Waals surface area contributed by atoms with Crippen LogP contribution in [0.4, 0.5) is 0 Å². The van der Waals surface area contributed by atoms with E-state index in [0.29, 0.717) is 98.8 Å². The Morgan fingerprint density at radius 3 is 2.15 bits per heavy atom. The SMILES string of the molecule is CCO[C@@H]1OC(C(=O)N2CCOCCOCCOCCOCC2)=C[C@H](c2cccc3c2Cc2ccccc2-3)[C@H]1CCOCCOCCO. The predicted molar refractivity (Wildman–Crippen MR) is 179 cm³/mol. The van der Waals surface area contributed by atoms with Crippen molar-refractivity contribution in [1.29, 1.82) is 0 Å². The summed E-state index contributed by atoms with van der Waals surface area (Å²) in [6, 6.07) is 15.0. The van der Waals surface area contributed by atoms with Crippen LogP contribution in [0.3, 0.4) is 0 Å². The van der Waals surface area contributed by atoms with Crippen LogP contribution in [0.5, 0.6) is 0 Å². The lowest BCUT2D eigenvalue weighted by Crippen LogP contribution is -2.43. The number of allylic oxidation sites excluding steroid dienone is 1. The fourth-order valence-corrected chi connectivity index (χ4v) is 6.47. The van der Waals surface area contributed by atoms with Crippen LogP contribution >= 0.6 is 0 Å². The zero-order valence-electron chi connectivity index (χ0n) is 28.1.